The van der Waals surface area contributed by atoms with Gasteiger partial charge in [0.05, 0.1) is 15.3 Å². The third-order valence-electron chi connectivity index (χ3n) is 2.04. The summed E-state index contributed by atoms with van der Waals surface area (Å²) in [6, 6.07) is 4.54. The lowest BCUT2D eigenvalue weighted by Crippen LogP contribution is -2.12. The molecule has 0 aliphatic heterocycles. The molecule has 0 fully saturated rings. The van der Waals surface area contributed by atoms with Crippen molar-refractivity contribution in [1.82, 2.24) is 0 Å². The maximum absolute atomic E-state index is 11.8. The number of alkyl halides is 2. The number of ketones is 1. The Hall–Kier alpha value is -0.750. The van der Waals surface area contributed by atoms with E-state index in [1.807, 2.05) is 0 Å². The number of nitro benzene ring substituents is 1. The van der Waals surface area contributed by atoms with Crippen LogP contribution in [0.1, 0.15) is 22.8 Å². The van der Waals surface area contributed by atoms with Crippen LogP contribution in [0.2, 0.25) is 0 Å². The molecule has 1 unspecified atom stereocenters. The van der Waals surface area contributed by atoms with Crippen molar-refractivity contribution < 1.29 is 9.72 Å². The largest absolute Gasteiger partial charge is 0.293 e. The van der Waals surface area contributed by atoms with Crippen LogP contribution < -0.4 is 0 Å². The van der Waals surface area contributed by atoms with Crippen LogP contribution in [0.25, 0.3) is 0 Å². The zero-order valence-electron chi connectivity index (χ0n) is 8.44. The lowest BCUT2D eigenvalue weighted by molar-refractivity contribution is -0.385. The fourth-order valence-electron chi connectivity index (χ4n) is 1.24. The third kappa shape index (κ3) is 2.89. The summed E-state index contributed by atoms with van der Waals surface area (Å²) in [5.41, 5.74) is 0.828. The number of benzene rings is 1. The highest BCUT2D eigenvalue weighted by Crippen LogP contribution is 2.24. The maximum Gasteiger partial charge on any atom is 0.280 e. The van der Waals surface area contributed by atoms with Crippen LogP contribution in [0.15, 0.2) is 18.2 Å². The molecule has 6 heteroatoms. The van der Waals surface area contributed by atoms with Crippen LogP contribution in [0.5, 0.6) is 0 Å². The molecule has 0 bridgehead atoms. The molecule has 0 spiro atoms. The fourth-order valence-corrected chi connectivity index (χ4v) is 1.83. The van der Waals surface area contributed by atoms with E-state index >= 15 is 0 Å². The first-order valence-electron chi connectivity index (χ1n) is 4.49. The van der Waals surface area contributed by atoms with E-state index in [9.17, 15) is 14.9 Å². The Morgan fingerprint density at radius 1 is 1.56 bits per heavy atom. The van der Waals surface area contributed by atoms with Gasteiger partial charge in [-0.05, 0) is 18.6 Å². The van der Waals surface area contributed by atoms with E-state index in [0.29, 0.717) is 5.33 Å². The van der Waals surface area contributed by atoms with Gasteiger partial charge in [0.1, 0.15) is 0 Å². The summed E-state index contributed by atoms with van der Waals surface area (Å²) in [5.74, 6) is -0.283. The average molecular weight is 351 g/mol. The van der Waals surface area contributed by atoms with Gasteiger partial charge in [-0.25, -0.2) is 0 Å². The highest BCUT2D eigenvalue weighted by molar-refractivity contribution is 9.10. The topological polar surface area (TPSA) is 60.2 Å². The maximum atomic E-state index is 11.8. The molecule has 0 N–H and O–H groups in total. The normalized spacial score (nSPS) is 12.2. The molecule has 1 atom stereocenters. The first-order valence-corrected chi connectivity index (χ1v) is 6.52. The molecule has 16 heavy (non-hydrogen) atoms. The van der Waals surface area contributed by atoms with Gasteiger partial charge < -0.3 is 0 Å². The summed E-state index contributed by atoms with van der Waals surface area (Å²) >= 11 is 6.37. The zero-order chi connectivity index (χ0) is 12.3. The van der Waals surface area contributed by atoms with Crippen molar-refractivity contribution in [1.29, 1.82) is 0 Å². The van der Waals surface area contributed by atoms with Crippen LogP contribution >= 0.6 is 31.9 Å². The standard InChI is InChI=1S/C10H9Br2NO3/c1-6(12)10(14)8-4-7(5-11)2-3-9(8)13(15)16/h2-4,6H,5H2,1H3. The Labute approximate surface area is 109 Å². The summed E-state index contributed by atoms with van der Waals surface area (Å²) in [6.45, 7) is 1.65. The Morgan fingerprint density at radius 3 is 2.62 bits per heavy atom. The summed E-state index contributed by atoms with van der Waals surface area (Å²) in [6.07, 6.45) is 0. The first kappa shape index (κ1) is 13.3. The van der Waals surface area contributed by atoms with E-state index in [1.54, 1.807) is 19.1 Å². The van der Waals surface area contributed by atoms with Gasteiger partial charge in [0, 0.05) is 11.4 Å². The van der Waals surface area contributed by atoms with Crippen LogP contribution in [0.3, 0.4) is 0 Å². The van der Waals surface area contributed by atoms with Crippen molar-refractivity contribution in [3.8, 4) is 0 Å². The number of hydrogen-bond donors (Lipinski definition) is 0. The Bertz CT molecular complexity index is 432. The molecule has 0 saturated carbocycles. The minimum absolute atomic E-state index is 0.145. The molecule has 1 aromatic rings. The van der Waals surface area contributed by atoms with Crippen molar-refractivity contribution in [3.05, 3.63) is 39.4 Å². The van der Waals surface area contributed by atoms with Gasteiger partial charge in [-0.1, -0.05) is 37.9 Å². The Morgan fingerprint density at radius 2 is 2.19 bits per heavy atom. The van der Waals surface area contributed by atoms with E-state index in [1.165, 1.54) is 6.07 Å². The molecule has 0 heterocycles. The molecule has 0 aromatic heterocycles. The van der Waals surface area contributed by atoms with Crippen molar-refractivity contribution in [3.63, 3.8) is 0 Å². The molecule has 4 nitrogen and oxygen atoms in total. The van der Waals surface area contributed by atoms with Gasteiger partial charge in [-0.3, -0.25) is 14.9 Å². The van der Waals surface area contributed by atoms with Crippen molar-refractivity contribution in [2.75, 3.05) is 0 Å². The first-order chi connectivity index (χ1) is 7.47. The van der Waals surface area contributed by atoms with Crippen LogP contribution in [-0.2, 0) is 5.33 Å². The smallest absolute Gasteiger partial charge is 0.280 e. The zero-order valence-corrected chi connectivity index (χ0v) is 11.6. The minimum atomic E-state index is -0.541. The summed E-state index contributed by atoms with van der Waals surface area (Å²) < 4.78 is 0. The highest BCUT2D eigenvalue weighted by Gasteiger charge is 2.23. The molecule has 1 rings (SSSR count). The molecule has 0 saturated heterocycles. The molecular weight excluding hydrogens is 342 g/mol. The molecule has 0 aliphatic carbocycles. The summed E-state index contributed by atoms with van der Waals surface area (Å²) in [4.78, 5) is 21.6. The second-order valence-corrected chi connectivity index (χ2v) is 5.16. The predicted octanol–water partition coefficient (Wildman–Crippen LogP) is 3.46. The van der Waals surface area contributed by atoms with Gasteiger partial charge >= 0.3 is 0 Å². The number of carbonyl (C=O) groups excluding carboxylic acids is 1. The van der Waals surface area contributed by atoms with E-state index in [4.69, 9.17) is 0 Å². The molecule has 0 radical (unpaired) electrons. The van der Waals surface area contributed by atoms with Gasteiger partial charge in [0.15, 0.2) is 5.78 Å². The Balaban J connectivity index is 3.31. The molecule has 0 amide bonds. The van der Waals surface area contributed by atoms with Crippen LogP contribution in [-0.4, -0.2) is 15.5 Å². The quantitative estimate of drug-likeness (QED) is 0.361. The van der Waals surface area contributed by atoms with Crippen LogP contribution in [0.4, 0.5) is 5.69 Å². The third-order valence-corrected chi connectivity index (χ3v) is 3.10. The van der Waals surface area contributed by atoms with Gasteiger partial charge in [0.25, 0.3) is 5.69 Å². The number of nitro groups is 1. The second kappa shape index (κ2) is 5.54. The summed E-state index contributed by atoms with van der Waals surface area (Å²) in [7, 11) is 0. The Kier molecular flexibility index (Phi) is 4.61. The van der Waals surface area contributed by atoms with E-state index in [0.717, 1.165) is 5.56 Å². The summed E-state index contributed by atoms with van der Waals surface area (Å²) in [5, 5.41) is 11.3. The molecular formula is C10H9Br2NO3. The van der Waals surface area contributed by atoms with Gasteiger partial charge in [-0.2, -0.15) is 0 Å². The molecule has 1 aromatic carbocycles. The van der Waals surface area contributed by atoms with Crippen molar-refractivity contribution in [2.45, 2.75) is 17.1 Å². The number of rotatable bonds is 4. The second-order valence-electron chi connectivity index (χ2n) is 3.22. The van der Waals surface area contributed by atoms with Gasteiger partial charge in [0.2, 0.25) is 0 Å². The van der Waals surface area contributed by atoms with Gasteiger partial charge in [-0.15, -0.1) is 0 Å². The average Bonchev–Trinajstić information content (AvgIpc) is 2.26. The number of nitrogens with zero attached hydrogens (tertiary/aromatic N) is 1. The van der Waals surface area contributed by atoms with Crippen molar-refractivity contribution in [2.24, 2.45) is 0 Å². The molecule has 86 valence electrons. The number of halogens is 2. The molecule has 0 aliphatic rings. The number of Topliss-reactive ketones (excluding diaryl/α,β-unsaturated/α-hetero) is 1. The number of hydrogen-bond acceptors (Lipinski definition) is 3. The van der Waals surface area contributed by atoms with E-state index in [-0.39, 0.29) is 17.0 Å². The SMILES string of the molecule is CC(Br)C(=O)c1cc(CBr)ccc1[N+](=O)[O-]. The lowest BCUT2D eigenvalue weighted by Gasteiger charge is -2.05. The number of carbonyl (C=O) groups is 1. The predicted molar refractivity (Wildman–Crippen MR) is 68.4 cm³/mol. The van der Waals surface area contributed by atoms with E-state index in [2.05, 4.69) is 31.9 Å². The lowest BCUT2D eigenvalue weighted by atomic mass is 10.0. The monoisotopic (exact) mass is 349 g/mol. The van der Waals surface area contributed by atoms with Crippen molar-refractivity contribution >= 4 is 43.3 Å². The highest BCUT2D eigenvalue weighted by atomic mass is 79.9. The minimum Gasteiger partial charge on any atom is -0.293 e. The van der Waals surface area contributed by atoms with Crippen LogP contribution in [0, 0.1) is 10.1 Å². The van der Waals surface area contributed by atoms with E-state index < -0.39 is 9.75 Å². The fraction of sp³-hybridized carbons (Fsp3) is 0.300.